The second kappa shape index (κ2) is 6.80. The van der Waals surface area contributed by atoms with E-state index in [2.05, 4.69) is 17.6 Å². The van der Waals surface area contributed by atoms with Gasteiger partial charge in [-0.1, -0.05) is 6.92 Å². The molecule has 4 heteroatoms. The zero-order valence-corrected chi connectivity index (χ0v) is 10.5. The van der Waals surface area contributed by atoms with Crippen LogP contribution in [0.3, 0.4) is 0 Å². The Balaban J connectivity index is 3.55. The van der Waals surface area contributed by atoms with Gasteiger partial charge in [-0.05, 0) is 26.7 Å². The minimum atomic E-state index is -0.156. The van der Waals surface area contributed by atoms with Gasteiger partial charge >= 0.3 is 0 Å². The number of methoxy groups -OCH3 is 1. The van der Waals surface area contributed by atoms with E-state index in [1.54, 1.807) is 7.11 Å². The van der Waals surface area contributed by atoms with Gasteiger partial charge in [0.1, 0.15) is 0 Å². The summed E-state index contributed by atoms with van der Waals surface area (Å²) in [6.07, 6.45) is 0. The summed E-state index contributed by atoms with van der Waals surface area (Å²) < 4.78 is 5.00. The van der Waals surface area contributed by atoms with E-state index in [9.17, 15) is 4.79 Å². The van der Waals surface area contributed by atoms with Crippen molar-refractivity contribution in [2.75, 3.05) is 26.8 Å². The fourth-order valence-electron chi connectivity index (χ4n) is 1.24. The predicted molar refractivity (Wildman–Crippen MR) is 61.8 cm³/mol. The monoisotopic (exact) mass is 216 g/mol. The van der Waals surface area contributed by atoms with Gasteiger partial charge in [-0.3, -0.25) is 4.79 Å². The number of hydrogen-bond acceptors (Lipinski definition) is 3. The Labute approximate surface area is 92.8 Å². The second-order valence-electron chi connectivity index (χ2n) is 4.99. The highest BCUT2D eigenvalue weighted by molar-refractivity contribution is 5.78. The molecule has 1 atom stereocenters. The minimum Gasteiger partial charge on any atom is -0.384 e. The number of carbonyl (C=O) groups is 1. The third-order valence-corrected chi connectivity index (χ3v) is 1.74. The fourth-order valence-corrected chi connectivity index (χ4v) is 1.24. The average molecular weight is 216 g/mol. The molecule has 0 saturated heterocycles. The van der Waals surface area contributed by atoms with Crippen molar-refractivity contribution in [2.24, 2.45) is 5.92 Å². The third kappa shape index (κ3) is 9.69. The lowest BCUT2D eigenvalue weighted by Gasteiger charge is -2.21. The number of hydrogen-bond donors (Lipinski definition) is 2. The first kappa shape index (κ1) is 14.4. The largest absolute Gasteiger partial charge is 0.384 e. The van der Waals surface area contributed by atoms with Gasteiger partial charge in [-0.2, -0.15) is 0 Å². The molecule has 0 aromatic heterocycles. The Morgan fingerprint density at radius 3 is 2.47 bits per heavy atom. The molecule has 15 heavy (non-hydrogen) atoms. The molecule has 0 aliphatic carbocycles. The van der Waals surface area contributed by atoms with Gasteiger partial charge in [-0.25, -0.2) is 0 Å². The molecule has 0 aromatic carbocycles. The van der Waals surface area contributed by atoms with Crippen LogP contribution in [0.2, 0.25) is 0 Å². The maximum atomic E-state index is 11.4. The van der Waals surface area contributed by atoms with E-state index in [1.165, 1.54) is 0 Å². The van der Waals surface area contributed by atoms with Gasteiger partial charge in [-0.15, -0.1) is 0 Å². The fraction of sp³-hybridized carbons (Fsp3) is 0.909. The van der Waals surface area contributed by atoms with Gasteiger partial charge in [0.05, 0.1) is 6.54 Å². The van der Waals surface area contributed by atoms with Crippen molar-refractivity contribution in [1.29, 1.82) is 0 Å². The average Bonchev–Trinajstić information content (AvgIpc) is 2.00. The van der Waals surface area contributed by atoms with Crippen molar-refractivity contribution < 1.29 is 9.53 Å². The molecule has 90 valence electrons. The highest BCUT2D eigenvalue weighted by Crippen LogP contribution is 1.97. The Kier molecular flexibility index (Phi) is 6.52. The molecular weight excluding hydrogens is 192 g/mol. The first-order chi connectivity index (χ1) is 6.85. The maximum absolute atomic E-state index is 11.4. The summed E-state index contributed by atoms with van der Waals surface area (Å²) >= 11 is 0. The Morgan fingerprint density at radius 1 is 1.40 bits per heavy atom. The van der Waals surface area contributed by atoms with E-state index in [-0.39, 0.29) is 11.4 Å². The molecular formula is C11H24N2O2. The van der Waals surface area contributed by atoms with Gasteiger partial charge in [0, 0.05) is 25.8 Å². The highest BCUT2D eigenvalue weighted by atomic mass is 16.5. The smallest absolute Gasteiger partial charge is 0.234 e. The first-order valence-electron chi connectivity index (χ1n) is 5.36. The van der Waals surface area contributed by atoms with Crippen LogP contribution in [0.25, 0.3) is 0 Å². The maximum Gasteiger partial charge on any atom is 0.234 e. The van der Waals surface area contributed by atoms with Crippen LogP contribution in [-0.4, -0.2) is 38.3 Å². The van der Waals surface area contributed by atoms with Crippen LogP contribution >= 0.6 is 0 Å². The molecule has 0 aromatic rings. The van der Waals surface area contributed by atoms with Gasteiger partial charge in [0.25, 0.3) is 0 Å². The standard InChI is InChI=1S/C11H24N2O2/c1-9(8-15-5)6-12-7-10(14)13-11(2,3)4/h9,12H,6-8H2,1-5H3,(H,13,14). The number of amides is 1. The first-order valence-corrected chi connectivity index (χ1v) is 5.36. The van der Waals surface area contributed by atoms with Crippen molar-refractivity contribution in [2.45, 2.75) is 33.2 Å². The van der Waals surface area contributed by atoms with Crippen LogP contribution in [0.1, 0.15) is 27.7 Å². The molecule has 0 saturated carbocycles. The normalized spacial score (nSPS) is 13.7. The van der Waals surface area contributed by atoms with E-state index in [1.807, 2.05) is 20.8 Å². The highest BCUT2D eigenvalue weighted by Gasteiger charge is 2.13. The van der Waals surface area contributed by atoms with Crippen LogP contribution in [-0.2, 0) is 9.53 Å². The van der Waals surface area contributed by atoms with Crippen molar-refractivity contribution in [3.05, 3.63) is 0 Å². The number of nitrogens with one attached hydrogen (secondary N) is 2. The number of rotatable bonds is 6. The van der Waals surface area contributed by atoms with Crippen LogP contribution in [0.5, 0.6) is 0 Å². The van der Waals surface area contributed by atoms with Crippen molar-refractivity contribution in [3.63, 3.8) is 0 Å². The van der Waals surface area contributed by atoms with Crippen LogP contribution in [0.15, 0.2) is 0 Å². The molecule has 0 spiro atoms. The van der Waals surface area contributed by atoms with Crippen molar-refractivity contribution in [1.82, 2.24) is 10.6 Å². The van der Waals surface area contributed by atoms with E-state index in [0.717, 1.165) is 6.54 Å². The number of carbonyl (C=O) groups excluding carboxylic acids is 1. The molecule has 0 aliphatic rings. The van der Waals surface area contributed by atoms with E-state index in [4.69, 9.17) is 4.74 Å². The number of ether oxygens (including phenoxy) is 1. The molecule has 1 unspecified atom stereocenters. The van der Waals surface area contributed by atoms with Gasteiger partial charge in [0.2, 0.25) is 5.91 Å². The topological polar surface area (TPSA) is 50.4 Å². The lowest BCUT2D eigenvalue weighted by atomic mass is 10.1. The summed E-state index contributed by atoms with van der Waals surface area (Å²) in [5.41, 5.74) is -0.156. The quantitative estimate of drug-likeness (QED) is 0.689. The molecule has 0 radical (unpaired) electrons. The lowest BCUT2D eigenvalue weighted by Crippen LogP contribution is -2.45. The van der Waals surface area contributed by atoms with Crippen molar-refractivity contribution in [3.8, 4) is 0 Å². The molecule has 2 N–H and O–H groups in total. The summed E-state index contributed by atoms with van der Waals surface area (Å²) in [6.45, 7) is 9.87. The van der Waals surface area contributed by atoms with E-state index < -0.39 is 0 Å². The Hall–Kier alpha value is -0.610. The molecule has 0 bridgehead atoms. The van der Waals surface area contributed by atoms with Crippen LogP contribution in [0.4, 0.5) is 0 Å². The summed E-state index contributed by atoms with van der Waals surface area (Å²) in [6, 6.07) is 0. The predicted octanol–water partition coefficient (Wildman–Crippen LogP) is 0.773. The van der Waals surface area contributed by atoms with E-state index in [0.29, 0.717) is 19.1 Å². The molecule has 0 aliphatic heterocycles. The minimum absolute atomic E-state index is 0.0344. The molecule has 1 amide bonds. The summed E-state index contributed by atoms with van der Waals surface area (Å²) in [4.78, 5) is 11.4. The van der Waals surface area contributed by atoms with Crippen LogP contribution in [0, 0.1) is 5.92 Å². The van der Waals surface area contributed by atoms with Gasteiger partial charge < -0.3 is 15.4 Å². The van der Waals surface area contributed by atoms with Crippen LogP contribution < -0.4 is 10.6 Å². The van der Waals surface area contributed by atoms with E-state index >= 15 is 0 Å². The zero-order chi connectivity index (χ0) is 11.9. The molecule has 0 heterocycles. The Morgan fingerprint density at radius 2 is 2.00 bits per heavy atom. The summed E-state index contributed by atoms with van der Waals surface area (Å²) in [7, 11) is 1.68. The van der Waals surface area contributed by atoms with Gasteiger partial charge in [0.15, 0.2) is 0 Å². The molecule has 0 fully saturated rings. The zero-order valence-electron chi connectivity index (χ0n) is 10.5. The van der Waals surface area contributed by atoms with Crippen molar-refractivity contribution >= 4 is 5.91 Å². The second-order valence-corrected chi connectivity index (χ2v) is 4.99. The lowest BCUT2D eigenvalue weighted by molar-refractivity contribution is -0.121. The Bertz CT molecular complexity index is 188. The SMILES string of the molecule is COCC(C)CNCC(=O)NC(C)(C)C. The molecule has 4 nitrogen and oxygen atoms in total. The third-order valence-electron chi connectivity index (χ3n) is 1.74. The summed E-state index contributed by atoms with van der Waals surface area (Å²) in [5, 5.41) is 5.99. The summed E-state index contributed by atoms with van der Waals surface area (Å²) in [5.74, 6) is 0.463. The molecule has 0 rings (SSSR count).